The predicted molar refractivity (Wildman–Crippen MR) is 197 cm³/mol. The molecule has 2 bridgehead atoms. The van der Waals surface area contributed by atoms with E-state index in [9.17, 15) is 23.9 Å². The fourth-order valence-corrected chi connectivity index (χ4v) is 7.41. The summed E-state index contributed by atoms with van der Waals surface area (Å²) in [5, 5.41) is 22.9. The van der Waals surface area contributed by atoms with E-state index in [0.29, 0.717) is 48.5 Å². The summed E-state index contributed by atoms with van der Waals surface area (Å²) in [6.07, 6.45) is 1.77. The zero-order chi connectivity index (χ0) is 36.8. The molecule has 10 nitrogen and oxygen atoms in total. The second-order valence-electron chi connectivity index (χ2n) is 13.9. The Hall–Kier alpha value is -4.26. The van der Waals surface area contributed by atoms with Crippen LogP contribution in [0.2, 0.25) is 0 Å². The van der Waals surface area contributed by atoms with Gasteiger partial charge < -0.3 is 34.8 Å². The van der Waals surface area contributed by atoms with Crippen molar-refractivity contribution in [3.63, 3.8) is 0 Å². The molecule has 6 rings (SSSR count). The molecule has 2 fully saturated rings. The number of nitrogens with zero attached hydrogens (tertiary/aromatic N) is 2. The van der Waals surface area contributed by atoms with Crippen LogP contribution >= 0.6 is 15.9 Å². The van der Waals surface area contributed by atoms with E-state index < -0.39 is 24.5 Å². The van der Waals surface area contributed by atoms with Crippen molar-refractivity contribution in [1.29, 1.82) is 0 Å². The SMILES string of the molecule is Cc1cccc(OCCN(C(=O)C2=C(c3ccc(CCCOc4cc(F)ccc4Br)cc3)C[C@@H]3CN(C(=O)C[C@H](O)CC(=O)O)C[C@H]2N3)C2CC2)c1. The number of ether oxygens (including phenoxy) is 2. The first-order valence-corrected chi connectivity index (χ1v) is 18.7. The lowest BCUT2D eigenvalue weighted by Gasteiger charge is -2.45. The number of nitrogens with one attached hydrogen (secondary N) is 1. The molecular formula is C40H45BrFN3O7. The van der Waals surface area contributed by atoms with Gasteiger partial charge in [-0.3, -0.25) is 14.4 Å². The highest BCUT2D eigenvalue weighted by Crippen LogP contribution is 2.37. The molecule has 52 heavy (non-hydrogen) atoms. The van der Waals surface area contributed by atoms with Gasteiger partial charge >= 0.3 is 5.97 Å². The first kappa shape index (κ1) is 37.5. The lowest BCUT2D eigenvalue weighted by Crippen LogP contribution is -2.62. The molecule has 2 heterocycles. The Balaban J connectivity index is 1.20. The molecule has 3 atom stereocenters. The van der Waals surface area contributed by atoms with Gasteiger partial charge in [0.05, 0.1) is 42.6 Å². The number of rotatable bonds is 16. The number of benzene rings is 3. The van der Waals surface area contributed by atoms with Crippen LogP contribution in [0.4, 0.5) is 4.39 Å². The molecule has 3 aliphatic rings. The van der Waals surface area contributed by atoms with Crippen molar-refractivity contribution in [2.45, 2.75) is 76.1 Å². The Bertz CT molecular complexity index is 1800. The highest BCUT2D eigenvalue weighted by atomic mass is 79.9. The van der Waals surface area contributed by atoms with Crippen LogP contribution in [-0.2, 0) is 20.8 Å². The van der Waals surface area contributed by atoms with E-state index in [1.807, 2.05) is 36.1 Å². The van der Waals surface area contributed by atoms with Gasteiger partial charge in [-0.2, -0.15) is 0 Å². The number of piperazine rings is 1. The van der Waals surface area contributed by atoms with Crippen LogP contribution in [0.5, 0.6) is 11.5 Å². The Morgan fingerprint density at radius 2 is 1.81 bits per heavy atom. The molecule has 0 unspecified atom stereocenters. The van der Waals surface area contributed by atoms with Gasteiger partial charge in [-0.15, -0.1) is 0 Å². The third-order valence-electron chi connectivity index (χ3n) is 9.71. The molecule has 1 aliphatic carbocycles. The van der Waals surface area contributed by atoms with Crippen molar-refractivity contribution < 1.29 is 38.5 Å². The zero-order valence-electron chi connectivity index (χ0n) is 29.2. The summed E-state index contributed by atoms with van der Waals surface area (Å²) in [4.78, 5) is 42.6. The summed E-state index contributed by atoms with van der Waals surface area (Å²) in [6.45, 7) is 3.81. The molecule has 1 saturated carbocycles. The van der Waals surface area contributed by atoms with Crippen LogP contribution in [0, 0.1) is 12.7 Å². The molecular weight excluding hydrogens is 733 g/mol. The largest absolute Gasteiger partial charge is 0.492 e. The van der Waals surface area contributed by atoms with Crippen LogP contribution in [0.1, 0.15) is 55.2 Å². The second kappa shape index (κ2) is 17.0. The Morgan fingerprint density at radius 1 is 1.02 bits per heavy atom. The van der Waals surface area contributed by atoms with Crippen LogP contribution in [0.15, 0.2) is 76.8 Å². The number of carbonyl (C=O) groups excluding carboxylic acids is 2. The number of aliphatic carboxylic acids is 1. The standard InChI is InChI=1S/C40H45BrFN3O7/c1-25-4-2-6-32(18-25)51-17-15-45(30-12-13-30)40(50)39-33(20-29-23-44(24-35(39)43-29)37(47)21-31(46)22-38(48)49)27-9-7-26(8-10-27)5-3-16-52-36-19-28(42)11-14-34(36)41/h2,4,6-11,14,18-19,29-31,35,43,46H,3,5,12-13,15-17,20-24H2,1H3,(H,48,49)/t29-,31+,35-/m1/s1. The first-order chi connectivity index (χ1) is 25.0. The number of halogens is 2. The third-order valence-corrected chi connectivity index (χ3v) is 10.4. The van der Waals surface area contributed by atoms with E-state index in [1.165, 1.54) is 12.1 Å². The van der Waals surface area contributed by atoms with Gasteiger partial charge in [-0.25, -0.2) is 4.39 Å². The highest BCUT2D eigenvalue weighted by molar-refractivity contribution is 9.10. The maximum absolute atomic E-state index is 14.7. The van der Waals surface area contributed by atoms with Gasteiger partial charge in [0.15, 0.2) is 0 Å². The third kappa shape index (κ3) is 9.78. The average Bonchev–Trinajstić information content (AvgIpc) is 3.95. The number of carbonyl (C=O) groups is 3. The number of fused-ring (bicyclic) bond motifs is 2. The van der Waals surface area contributed by atoms with Crippen molar-refractivity contribution in [3.8, 4) is 11.5 Å². The van der Waals surface area contributed by atoms with Gasteiger partial charge in [0.2, 0.25) is 5.91 Å². The smallest absolute Gasteiger partial charge is 0.305 e. The molecule has 2 amide bonds. The molecule has 3 N–H and O–H groups in total. The minimum absolute atomic E-state index is 0.0776. The number of carboxylic acids is 1. The first-order valence-electron chi connectivity index (χ1n) is 17.9. The number of carboxylic acid groups (broad SMARTS) is 1. The maximum atomic E-state index is 14.7. The summed E-state index contributed by atoms with van der Waals surface area (Å²) < 4.78 is 26.2. The number of hydrogen-bond acceptors (Lipinski definition) is 7. The average molecular weight is 779 g/mol. The predicted octanol–water partition coefficient (Wildman–Crippen LogP) is 5.53. The highest BCUT2D eigenvalue weighted by Gasteiger charge is 2.43. The minimum atomic E-state index is -1.28. The van der Waals surface area contributed by atoms with Crippen molar-refractivity contribution in [2.75, 3.05) is 32.8 Å². The molecule has 1 saturated heterocycles. The van der Waals surface area contributed by atoms with E-state index in [1.54, 1.807) is 11.0 Å². The Kier molecular flexibility index (Phi) is 12.3. The van der Waals surface area contributed by atoms with E-state index in [4.69, 9.17) is 14.6 Å². The molecule has 3 aromatic carbocycles. The normalized spacial score (nSPS) is 18.9. The van der Waals surface area contributed by atoms with E-state index in [-0.39, 0.29) is 42.7 Å². The molecule has 276 valence electrons. The maximum Gasteiger partial charge on any atom is 0.305 e. The fraction of sp³-hybridized carbons (Fsp3) is 0.425. The summed E-state index contributed by atoms with van der Waals surface area (Å²) in [5.41, 5.74) is 4.73. The van der Waals surface area contributed by atoms with Gasteiger partial charge in [0, 0.05) is 36.8 Å². The van der Waals surface area contributed by atoms with Crippen LogP contribution in [0.3, 0.4) is 0 Å². The molecule has 3 aromatic rings. The van der Waals surface area contributed by atoms with Gasteiger partial charge in [0.1, 0.15) is 23.9 Å². The molecule has 0 aromatic heterocycles. The quantitative estimate of drug-likeness (QED) is 0.162. The van der Waals surface area contributed by atoms with Gasteiger partial charge in [0.25, 0.3) is 5.91 Å². The van der Waals surface area contributed by atoms with Crippen LogP contribution < -0.4 is 14.8 Å². The topological polar surface area (TPSA) is 129 Å². The summed E-state index contributed by atoms with van der Waals surface area (Å²) in [7, 11) is 0. The molecule has 2 aliphatic heterocycles. The van der Waals surface area contributed by atoms with Gasteiger partial charge in [-0.05, 0) is 101 Å². The molecule has 0 radical (unpaired) electrons. The van der Waals surface area contributed by atoms with E-state index >= 15 is 0 Å². The lowest BCUT2D eigenvalue weighted by molar-refractivity contribution is -0.141. The van der Waals surface area contributed by atoms with Gasteiger partial charge in [-0.1, -0.05) is 36.4 Å². The van der Waals surface area contributed by atoms with E-state index in [2.05, 4.69) is 45.5 Å². The Labute approximate surface area is 311 Å². The minimum Gasteiger partial charge on any atom is -0.492 e. The van der Waals surface area contributed by atoms with Crippen LogP contribution in [0.25, 0.3) is 5.57 Å². The monoisotopic (exact) mass is 777 g/mol. The van der Waals surface area contributed by atoms with Crippen molar-refractivity contribution in [3.05, 3.63) is 99.3 Å². The molecule has 0 spiro atoms. The summed E-state index contributed by atoms with van der Waals surface area (Å²) >= 11 is 3.39. The molecule has 12 heteroatoms. The van der Waals surface area contributed by atoms with Crippen LogP contribution in [-0.4, -0.2) is 94.9 Å². The zero-order valence-corrected chi connectivity index (χ0v) is 30.8. The number of aryl methyl sites for hydroxylation is 2. The van der Waals surface area contributed by atoms with Crippen molar-refractivity contribution in [1.82, 2.24) is 15.1 Å². The number of amides is 2. The summed E-state index contributed by atoms with van der Waals surface area (Å²) in [5.74, 6) is -0.705. The van der Waals surface area contributed by atoms with Crippen molar-refractivity contribution in [2.24, 2.45) is 0 Å². The summed E-state index contributed by atoms with van der Waals surface area (Å²) in [6, 6.07) is 20.0. The number of aliphatic hydroxyl groups is 1. The van der Waals surface area contributed by atoms with E-state index in [0.717, 1.165) is 53.7 Å². The lowest BCUT2D eigenvalue weighted by atomic mass is 9.82. The van der Waals surface area contributed by atoms with Crippen molar-refractivity contribution >= 4 is 39.3 Å². The number of aliphatic hydroxyl groups excluding tert-OH is 1. The fourth-order valence-electron chi connectivity index (χ4n) is 7.05. The second-order valence-corrected chi connectivity index (χ2v) is 14.7. The Morgan fingerprint density at radius 3 is 2.54 bits per heavy atom. The number of hydrogen-bond donors (Lipinski definition) is 3.